The van der Waals surface area contributed by atoms with Crippen molar-refractivity contribution in [2.24, 2.45) is 0 Å². The van der Waals surface area contributed by atoms with Crippen LogP contribution in [0.5, 0.6) is 0 Å². The van der Waals surface area contributed by atoms with Gasteiger partial charge >= 0.3 is 0 Å². The van der Waals surface area contributed by atoms with E-state index in [2.05, 4.69) is 11.9 Å². The Morgan fingerprint density at radius 3 is 2.39 bits per heavy atom. The van der Waals surface area contributed by atoms with E-state index in [-0.39, 0.29) is 11.6 Å². The van der Waals surface area contributed by atoms with Gasteiger partial charge < -0.3 is 9.80 Å². The Labute approximate surface area is 107 Å². The minimum Gasteiger partial charge on any atom is -0.367 e. The maximum absolute atomic E-state index is 14.1. The summed E-state index contributed by atoms with van der Waals surface area (Å²) >= 11 is 0. The summed E-state index contributed by atoms with van der Waals surface area (Å²) in [6, 6.07) is 3.16. The van der Waals surface area contributed by atoms with E-state index in [0.29, 0.717) is 11.3 Å². The Morgan fingerprint density at radius 2 is 1.83 bits per heavy atom. The molecule has 0 aliphatic carbocycles. The first-order chi connectivity index (χ1) is 8.49. The van der Waals surface area contributed by atoms with Gasteiger partial charge in [-0.3, -0.25) is 4.79 Å². The molecule has 0 saturated carbocycles. The molecular formula is C14H19FN2O. The van der Waals surface area contributed by atoms with Gasteiger partial charge in [-0.25, -0.2) is 4.39 Å². The van der Waals surface area contributed by atoms with E-state index >= 15 is 0 Å². The molecule has 1 fully saturated rings. The minimum atomic E-state index is -0.296. The zero-order valence-electron chi connectivity index (χ0n) is 11.2. The maximum Gasteiger partial charge on any atom is 0.160 e. The number of Topliss-reactive ketones (excluding diaryl/α,β-unsaturated/α-hetero) is 1. The lowest BCUT2D eigenvalue weighted by atomic mass is 10.0. The number of carbonyl (C=O) groups is 1. The van der Waals surface area contributed by atoms with Crippen LogP contribution in [-0.4, -0.2) is 43.9 Å². The standard InChI is InChI=1S/C14H19FN2O/c1-10-8-14(13(15)9-12(10)11(2)18)17-6-4-16(3)5-7-17/h8-9H,4-7H2,1-3H3. The lowest BCUT2D eigenvalue weighted by Crippen LogP contribution is -2.44. The van der Waals surface area contributed by atoms with Gasteiger partial charge in [0.05, 0.1) is 5.69 Å². The molecule has 1 saturated heterocycles. The van der Waals surface area contributed by atoms with Crippen LogP contribution in [-0.2, 0) is 0 Å². The van der Waals surface area contributed by atoms with E-state index < -0.39 is 0 Å². The second kappa shape index (κ2) is 5.06. The molecule has 0 atom stereocenters. The summed E-state index contributed by atoms with van der Waals surface area (Å²) in [7, 11) is 2.07. The predicted molar refractivity (Wildman–Crippen MR) is 70.9 cm³/mol. The number of piperazine rings is 1. The molecule has 3 nitrogen and oxygen atoms in total. The molecule has 0 amide bonds. The number of hydrogen-bond acceptors (Lipinski definition) is 3. The summed E-state index contributed by atoms with van der Waals surface area (Å²) < 4.78 is 14.1. The molecule has 1 aliphatic rings. The molecule has 1 heterocycles. The number of likely N-dealkylation sites (N-methyl/N-ethyl adjacent to an activating group) is 1. The van der Waals surface area contributed by atoms with Gasteiger partial charge in [0, 0.05) is 31.7 Å². The molecule has 4 heteroatoms. The molecule has 0 bridgehead atoms. The molecule has 2 rings (SSSR count). The van der Waals surface area contributed by atoms with E-state index in [9.17, 15) is 9.18 Å². The third kappa shape index (κ3) is 2.53. The van der Waals surface area contributed by atoms with Gasteiger partial charge in [-0.2, -0.15) is 0 Å². The van der Waals surface area contributed by atoms with E-state index in [4.69, 9.17) is 0 Å². The van der Waals surface area contributed by atoms with Crippen molar-refractivity contribution >= 4 is 11.5 Å². The number of carbonyl (C=O) groups excluding carboxylic acids is 1. The van der Waals surface area contributed by atoms with Crippen molar-refractivity contribution in [3.63, 3.8) is 0 Å². The third-order valence-electron chi connectivity index (χ3n) is 3.52. The van der Waals surface area contributed by atoms with Crippen molar-refractivity contribution in [2.75, 3.05) is 38.1 Å². The van der Waals surface area contributed by atoms with Crippen LogP contribution < -0.4 is 4.90 Å². The number of rotatable bonds is 2. The summed E-state index contributed by atoms with van der Waals surface area (Å²) in [6.07, 6.45) is 0. The first-order valence-corrected chi connectivity index (χ1v) is 6.23. The minimum absolute atomic E-state index is 0.0867. The Morgan fingerprint density at radius 1 is 1.22 bits per heavy atom. The number of ketones is 1. The van der Waals surface area contributed by atoms with Crippen LogP contribution in [0.15, 0.2) is 12.1 Å². The van der Waals surface area contributed by atoms with E-state index in [0.717, 1.165) is 31.7 Å². The van der Waals surface area contributed by atoms with Crippen molar-refractivity contribution < 1.29 is 9.18 Å². The number of halogens is 1. The highest BCUT2D eigenvalue weighted by Crippen LogP contribution is 2.25. The number of nitrogens with zero attached hydrogens (tertiary/aromatic N) is 2. The molecule has 0 spiro atoms. The largest absolute Gasteiger partial charge is 0.367 e. The molecule has 1 aromatic rings. The van der Waals surface area contributed by atoms with Crippen molar-refractivity contribution in [3.8, 4) is 0 Å². The molecule has 0 N–H and O–H groups in total. The highest BCUT2D eigenvalue weighted by Gasteiger charge is 2.19. The highest BCUT2D eigenvalue weighted by molar-refractivity contribution is 5.96. The summed E-state index contributed by atoms with van der Waals surface area (Å²) in [6.45, 7) is 6.85. The quantitative estimate of drug-likeness (QED) is 0.751. The number of benzene rings is 1. The van der Waals surface area contributed by atoms with Crippen LogP contribution in [0.2, 0.25) is 0 Å². The van der Waals surface area contributed by atoms with Crippen LogP contribution in [0.25, 0.3) is 0 Å². The monoisotopic (exact) mass is 250 g/mol. The van der Waals surface area contributed by atoms with Gasteiger partial charge in [0.25, 0.3) is 0 Å². The number of hydrogen-bond donors (Lipinski definition) is 0. The summed E-state index contributed by atoms with van der Waals surface area (Å²) in [5.74, 6) is -0.383. The van der Waals surface area contributed by atoms with Crippen LogP contribution >= 0.6 is 0 Å². The van der Waals surface area contributed by atoms with Gasteiger partial charge in [-0.1, -0.05) is 0 Å². The highest BCUT2D eigenvalue weighted by atomic mass is 19.1. The van der Waals surface area contributed by atoms with Crippen LogP contribution in [0.3, 0.4) is 0 Å². The normalized spacial score (nSPS) is 17.0. The second-order valence-electron chi connectivity index (χ2n) is 4.97. The average molecular weight is 250 g/mol. The summed E-state index contributed by atoms with van der Waals surface area (Å²) in [4.78, 5) is 15.6. The zero-order chi connectivity index (χ0) is 13.3. The maximum atomic E-state index is 14.1. The van der Waals surface area contributed by atoms with E-state index in [1.165, 1.54) is 13.0 Å². The third-order valence-corrected chi connectivity index (χ3v) is 3.52. The number of anilines is 1. The molecule has 0 radical (unpaired) electrons. The predicted octanol–water partition coefficient (Wildman–Crippen LogP) is 2.09. The van der Waals surface area contributed by atoms with Crippen molar-refractivity contribution in [1.82, 2.24) is 4.90 Å². The van der Waals surface area contributed by atoms with Gasteiger partial charge in [0.15, 0.2) is 5.78 Å². The van der Waals surface area contributed by atoms with Crippen molar-refractivity contribution in [2.45, 2.75) is 13.8 Å². The second-order valence-corrected chi connectivity index (χ2v) is 4.97. The Hall–Kier alpha value is -1.42. The molecule has 98 valence electrons. The topological polar surface area (TPSA) is 23.6 Å². The molecule has 1 aliphatic heterocycles. The van der Waals surface area contributed by atoms with Gasteiger partial charge in [-0.15, -0.1) is 0 Å². The van der Waals surface area contributed by atoms with Gasteiger partial charge in [0.1, 0.15) is 5.82 Å². The van der Waals surface area contributed by atoms with E-state index in [1.54, 1.807) is 6.07 Å². The molecule has 0 aromatic heterocycles. The summed E-state index contributed by atoms with van der Waals surface area (Å²) in [5.41, 5.74) is 1.94. The number of aryl methyl sites for hydroxylation is 1. The Kier molecular flexibility index (Phi) is 3.66. The van der Waals surface area contributed by atoms with Gasteiger partial charge in [-0.05, 0) is 38.6 Å². The van der Waals surface area contributed by atoms with E-state index in [1.807, 2.05) is 11.8 Å². The SMILES string of the molecule is CC(=O)c1cc(F)c(N2CCN(C)CC2)cc1C. The molecule has 18 heavy (non-hydrogen) atoms. The Bertz CT molecular complexity index is 465. The van der Waals surface area contributed by atoms with Crippen molar-refractivity contribution in [1.29, 1.82) is 0 Å². The first kappa shape index (κ1) is 13.0. The Balaban J connectivity index is 2.29. The lowest BCUT2D eigenvalue weighted by Gasteiger charge is -2.34. The lowest BCUT2D eigenvalue weighted by molar-refractivity contribution is 0.101. The molecule has 1 aromatic carbocycles. The fraction of sp³-hybridized carbons (Fsp3) is 0.500. The van der Waals surface area contributed by atoms with Gasteiger partial charge in [0.2, 0.25) is 0 Å². The average Bonchev–Trinajstić information content (AvgIpc) is 2.32. The van der Waals surface area contributed by atoms with Crippen LogP contribution in [0.1, 0.15) is 22.8 Å². The first-order valence-electron chi connectivity index (χ1n) is 6.23. The molecular weight excluding hydrogens is 231 g/mol. The zero-order valence-corrected chi connectivity index (χ0v) is 11.2. The summed E-state index contributed by atoms with van der Waals surface area (Å²) in [5, 5.41) is 0. The fourth-order valence-corrected chi connectivity index (χ4v) is 2.34. The molecule has 0 unspecified atom stereocenters. The smallest absolute Gasteiger partial charge is 0.160 e. The van der Waals surface area contributed by atoms with Crippen molar-refractivity contribution in [3.05, 3.63) is 29.1 Å². The van der Waals surface area contributed by atoms with Crippen LogP contribution in [0, 0.1) is 12.7 Å². The van der Waals surface area contributed by atoms with Crippen LogP contribution in [0.4, 0.5) is 10.1 Å². The fourth-order valence-electron chi connectivity index (χ4n) is 2.34.